The van der Waals surface area contributed by atoms with Crippen molar-refractivity contribution in [3.8, 4) is 0 Å². The average molecular weight is 293 g/mol. The number of hydrogen-bond donors (Lipinski definition) is 1. The molecule has 1 aliphatic heterocycles. The van der Waals surface area contributed by atoms with Gasteiger partial charge in [-0.15, -0.1) is 11.8 Å². The molecule has 0 aromatic heterocycles. The zero-order valence-electron chi connectivity index (χ0n) is 7.76. The molecule has 1 saturated heterocycles. The van der Waals surface area contributed by atoms with Gasteiger partial charge in [0.15, 0.2) is 0 Å². The first-order valence-electron chi connectivity index (χ1n) is 4.50. The van der Waals surface area contributed by atoms with Gasteiger partial charge in [-0.1, -0.05) is 40.5 Å². The van der Waals surface area contributed by atoms with E-state index in [2.05, 4.69) is 34.2 Å². The Morgan fingerprint density at radius 1 is 1.57 bits per heavy atom. The van der Waals surface area contributed by atoms with Crippen molar-refractivity contribution in [1.29, 1.82) is 0 Å². The molecular weight excluding hydrogens is 282 g/mol. The molecule has 14 heavy (non-hydrogen) atoms. The average Bonchev–Trinajstić information content (AvgIpc) is 2.51. The molecule has 2 atom stereocenters. The maximum Gasteiger partial charge on any atom is 0.0807 e. The summed E-state index contributed by atoms with van der Waals surface area (Å²) >= 11 is 11.5. The minimum absolute atomic E-state index is 0.352. The molecular formula is C10H11BrClNS. The van der Waals surface area contributed by atoms with Crippen molar-refractivity contribution >= 4 is 39.3 Å². The van der Waals surface area contributed by atoms with Gasteiger partial charge in [0.1, 0.15) is 0 Å². The smallest absolute Gasteiger partial charge is 0.0807 e. The van der Waals surface area contributed by atoms with E-state index in [4.69, 9.17) is 11.6 Å². The van der Waals surface area contributed by atoms with E-state index in [9.17, 15) is 0 Å². The van der Waals surface area contributed by atoms with Gasteiger partial charge in [-0.25, -0.2) is 0 Å². The first kappa shape index (κ1) is 10.8. The molecule has 2 rings (SSSR count). The second-order valence-corrected chi connectivity index (χ2v) is 6.27. The lowest BCUT2D eigenvalue weighted by Crippen LogP contribution is -2.14. The van der Waals surface area contributed by atoms with Crippen molar-refractivity contribution in [3.63, 3.8) is 0 Å². The minimum Gasteiger partial charge on any atom is -0.300 e. The fraction of sp³-hybridized carbons (Fsp3) is 0.400. The Bertz CT molecular complexity index is 345. The van der Waals surface area contributed by atoms with Crippen LogP contribution in [0, 0.1) is 0 Å². The summed E-state index contributed by atoms with van der Waals surface area (Å²) in [7, 11) is 0. The van der Waals surface area contributed by atoms with Crippen LogP contribution in [0.15, 0.2) is 22.7 Å². The molecule has 0 saturated carbocycles. The van der Waals surface area contributed by atoms with E-state index in [1.54, 1.807) is 0 Å². The summed E-state index contributed by atoms with van der Waals surface area (Å²) in [5.74, 6) is 0. The maximum absolute atomic E-state index is 6.17. The summed E-state index contributed by atoms with van der Waals surface area (Å²) < 4.78 is 1.03. The van der Waals surface area contributed by atoms with Gasteiger partial charge >= 0.3 is 0 Å². The topological polar surface area (TPSA) is 12.0 Å². The quantitative estimate of drug-likeness (QED) is 0.844. The van der Waals surface area contributed by atoms with Crippen molar-refractivity contribution in [2.24, 2.45) is 0 Å². The van der Waals surface area contributed by atoms with E-state index in [-0.39, 0.29) is 0 Å². The molecule has 1 aromatic carbocycles. The monoisotopic (exact) mass is 291 g/mol. The van der Waals surface area contributed by atoms with Crippen LogP contribution in [0.5, 0.6) is 0 Å². The van der Waals surface area contributed by atoms with E-state index < -0.39 is 0 Å². The molecule has 1 N–H and O–H groups in total. The summed E-state index contributed by atoms with van der Waals surface area (Å²) in [6.45, 7) is 3.28. The summed E-state index contributed by atoms with van der Waals surface area (Å²) in [6, 6.07) is 6.06. The fourth-order valence-corrected chi connectivity index (χ4v) is 3.55. The molecule has 1 nitrogen and oxygen atoms in total. The van der Waals surface area contributed by atoms with Gasteiger partial charge in [0.2, 0.25) is 0 Å². The summed E-state index contributed by atoms with van der Waals surface area (Å²) in [5, 5.41) is 5.30. The van der Waals surface area contributed by atoms with Gasteiger partial charge in [-0.3, -0.25) is 0 Å². The van der Waals surface area contributed by atoms with Crippen LogP contribution in [0.1, 0.15) is 17.9 Å². The Morgan fingerprint density at radius 3 is 2.93 bits per heavy atom. The normalized spacial score (nSPS) is 26.8. The lowest BCUT2D eigenvalue weighted by molar-refractivity contribution is 0.718. The predicted octanol–water partition coefficient (Wildman–Crippen LogP) is 3.83. The number of thioether (sulfide) groups is 1. The zero-order valence-corrected chi connectivity index (χ0v) is 10.9. The highest BCUT2D eigenvalue weighted by Crippen LogP contribution is 2.38. The van der Waals surface area contributed by atoms with E-state index in [0.717, 1.165) is 16.0 Å². The molecule has 76 valence electrons. The number of hydrogen-bond acceptors (Lipinski definition) is 2. The van der Waals surface area contributed by atoms with Crippen molar-refractivity contribution in [3.05, 3.63) is 33.3 Å². The molecule has 0 spiro atoms. The summed E-state index contributed by atoms with van der Waals surface area (Å²) in [5.41, 5.74) is 1.18. The molecule has 1 aliphatic rings. The van der Waals surface area contributed by atoms with Crippen LogP contribution >= 0.6 is 39.3 Å². The lowest BCUT2D eigenvalue weighted by atomic mass is 10.2. The van der Waals surface area contributed by atoms with Crippen molar-refractivity contribution in [1.82, 2.24) is 5.32 Å². The molecule has 1 fully saturated rings. The minimum atomic E-state index is 0.352. The summed E-state index contributed by atoms with van der Waals surface area (Å²) in [6.07, 6.45) is 0. The van der Waals surface area contributed by atoms with Gasteiger partial charge in [-0.2, -0.15) is 0 Å². The lowest BCUT2D eigenvalue weighted by Gasteiger charge is -2.12. The maximum atomic E-state index is 6.17. The second-order valence-electron chi connectivity index (χ2n) is 3.40. The van der Waals surface area contributed by atoms with Crippen LogP contribution < -0.4 is 5.32 Å². The van der Waals surface area contributed by atoms with E-state index in [1.165, 1.54) is 5.56 Å². The Balaban J connectivity index is 2.24. The van der Waals surface area contributed by atoms with Crippen LogP contribution in [0.3, 0.4) is 0 Å². The van der Waals surface area contributed by atoms with E-state index >= 15 is 0 Å². The highest BCUT2D eigenvalue weighted by atomic mass is 79.9. The first-order valence-corrected chi connectivity index (χ1v) is 6.62. The Labute approximate surface area is 102 Å². The second kappa shape index (κ2) is 4.44. The Hall–Kier alpha value is 0.300. The van der Waals surface area contributed by atoms with Gasteiger partial charge in [0, 0.05) is 21.3 Å². The molecule has 0 amide bonds. The third-order valence-corrected chi connectivity index (χ3v) is 4.35. The van der Waals surface area contributed by atoms with Crippen molar-refractivity contribution in [2.45, 2.75) is 17.5 Å². The van der Waals surface area contributed by atoms with Crippen molar-refractivity contribution < 1.29 is 0 Å². The van der Waals surface area contributed by atoms with E-state index in [0.29, 0.717) is 10.6 Å². The van der Waals surface area contributed by atoms with Crippen LogP contribution in [0.2, 0.25) is 5.02 Å². The first-order chi connectivity index (χ1) is 6.66. The third kappa shape index (κ3) is 2.27. The van der Waals surface area contributed by atoms with Gasteiger partial charge < -0.3 is 5.32 Å². The van der Waals surface area contributed by atoms with Crippen LogP contribution in [0.25, 0.3) is 0 Å². The fourth-order valence-electron chi connectivity index (χ4n) is 1.50. The van der Waals surface area contributed by atoms with Crippen LogP contribution in [0.4, 0.5) is 0 Å². The van der Waals surface area contributed by atoms with Gasteiger partial charge in [0.05, 0.1) is 5.37 Å². The van der Waals surface area contributed by atoms with E-state index in [1.807, 2.05) is 23.9 Å². The summed E-state index contributed by atoms with van der Waals surface area (Å²) in [4.78, 5) is 0. The van der Waals surface area contributed by atoms with Gasteiger partial charge in [0.25, 0.3) is 0 Å². The molecule has 1 heterocycles. The molecule has 4 heteroatoms. The standard InChI is InChI=1S/C10H11BrClNS/c1-6-5-13-10(14-6)8-3-2-7(11)4-9(8)12/h2-4,6,10,13H,5H2,1H3. The van der Waals surface area contributed by atoms with Crippen LogP contribution in [-0.4, -0.2) is 11.8 Å². The predicted molar refractivity (Wildman–Crippen MR) is 66.9 cm³/mol. The molecule has 0 radical (unpaired) electrons. The molecule has 0 aliphatic carbocycles. The number of rotatable bonds is 1. The Morgan fingerprint density at radius 2 is 2.36 bits per heavy atom. The zero-order chi connectivity index (χ0) is 10.1. The molecule has 2 unspecified atom stereocenters. The highest BCUT2D eigenvalue weighted by Gasteiger charge is 2.24. The number of nitrogens with one attached hydrogen (secondary N) is 1. The Kier molecular flexibility index (Phi) is 3.42. The third-order valence-electron chi connectivity index (χ3n) is 2.20. The largest absolute Gasteiger partial charge is 0.300 e. The number of benzene rings is 1. The van der Waals surface area contributed by atoms with Crippen LogP contribution in [-0.2, 0) is 0 Å². The number of halogens is 2. The SMILES string of the molecule is CC1CNC(c2ccc(Br)cc2Cl)S1. The highest BCUT2D eigenvalue weighted by molar-refractivity contribution is 9.10. The van der Waals surface area contributed by atoms with Gasteiger partial charge in [-0.05, 0) is 17.7 Å². The van der Waals surface area contributed by atoms with Crippen molar-refractivity contribution in [2.75, 3.05) is 6.54 Å². The molecule has 1 aromatic rings. The molecule has 0 bridgehead atoms.